The minimum Gasteiger partial charge on any atom is -0.313 e. The Morgan fingerprint density at radius 1 is 1.33 bits per heavy atom. The summed E-state index contributed by atoms with van der Waals surface area (Å²) in [5.41, 5.74) is 0.161. The van der Waals surface area contributed by atoms with Gasteiger partial charge in [-0.05, 0) is 60.4 Å². The van der Waals surface area contributed by atoms with E-state index in [0.717, 1.165) is 32.5 Å². The summed E-state index contributed by atoms with van der Waals surface area (Å²) in [7, 11) is 0. The SMILES string of the molecule is CCCN(Cc1c(F)ccc(Br)c1F)CC1CCCCN1. The molecule has 0 bridgehead atoms. The molecule has 0 spiro atoms. The third kappa shape index (κ3) is 4.73. The van der Waals surface area contributed by atoms with Gasteiger partial charge in [0.2, 0.25) is 0 Å². The van der Waals surface area contributed by atoms with Gasteiger partial charge in [-0.3, -0.25) is 4.90 Å². The number of halogens is 3. The van der Waals surface area contributed by atoms with Crippen LogP contribution in [0.3, 0.4) is 0 Å². The van der Waals surface area contributed by atoms with Crippen LogP contribution in [0.2, 0.25) is 0 Å². The van der Waals surface area contributed by atoms with Gasteiger partial charge in [0.05, 0.1) is 4.47 Å². The molecule has 5 heteroatoms. The molecular weight excluding hydrogens is 338 g/mol. The highest BCUT2D eigenvalue weighted by molar-refractivity contribution is 9.10. The number of hydrogen-bond donors (Lipinski definition) is 1. The van der Waals surface area contributed by atoms with Gasteiger partial charge in [0.25, 0.3) is 0 Å². The van der Waals surface area contributed by atoms with E-state index in [1.807, 2.05) is 0 Å². The van der Waals surface area contributed by atoms with Crippen LogP contribution in [0.25, 0.3) is 0 Å². The minimum atomic E-state index is -0.479. The number of hydrogen-bond acceptors (Lipinski definition) is 2. The highest BCUT2D eigenvalue weighted by Crippen LogP contribution is 2.23. The Hall–Kier alpha value is -0.520. The number of nitrogens with zero attached hydrogens (tertiary/aromatic N) is 1. The lowest BCUT2D eigenvalue weighted by atomic mass is 10.0. The van der Waals surface area contributed by atoms with E-state index in [9.17, 15) is 8.78 Å². The van der Waals surface area contributed by atoms with Crippen LogP contribution in [0, 0.1) is 11.6 Å². The summed E-state index contributed by atoms with van der Waals surface area (Å²) in [6.45, 7) is 5.16. The van der Waals surface area contributed by atoms with E-state index in [0.29, 0.717) is 17.1 Å². The second kappa shape index (κ2) is 8.20. The monoisotopic (exact) mass is 360 g/mol. The number of benzene rings is 1. The van der Waals surface area contributed by atoms with Gasteiger partial charge in [-0.1, -0.05) is 13.3 Å². The van der Waals surface area contributed by atoms with Gasteiger partial charge in [-0.15, -0.1) is 0 Å². The molecule has 1 atom stereocenters. The van der Waals surface area contributed by atoms with Crippen molar-refractivity contribution in [2.24, 2.45) is 0 Å². The predicted octanol–water partition coefficient (Wildman–Crippen LogP) is 4.08. The van der Waals surface area contributed by atoms with Crippen molar-refractivity contribution < 1.29 is 8.78 Å². The maximum Gasteiger partial charge on any atom is 0.144 e. The molecule has 2 nitrogen and oxygen atoms in total. The molecule has 1 fully saturated rings. The fourth-order valence-electron chi connectivity index (χ4n) is 2.88. The van der Waals surface area contributed by atoms with Crippen molar-refractivity contribution in [3.05, 3.63) is 33.8 Å². The molecule has 0 radical (unpaired) electrons. The van der Waals surface area contributed by atoms with E-state index in [1.54, 1.807) is 0 Å². The first-order valence-corrected chi connectivity index (χ1v) is 8.49. The summed E-state index contributed by atoms with van der Waals surface area (Å²) in [4.78, 5) is 2.15. The Labute approximate surface area is 134 Å². The zero-order valence-electron chi connectivity index (χ0n) is 12.5. The van der Waals surface area contributed by atoms with Crippen molar-refractivity contribution in [3.8, 4) is 0 Å². The molecule has 118 valence electrons. The van der Waals surface area contributed by atoms with Crippen molar-refractivity contribution in [2.75, 3.05) is 19.6 Å². The van der Waals surface area contributed by atoms with Gasteiger partial charge in [0.15, 0.2) is 0 Å². The number of piperidine rings is 1. The standard InChI is InChI=1S/C16H23BrF2N2/c1-2-9-21(10-12-5-3-4-8-20-12)11-13-15(18)7-6-14(17)16(13)19/h6-7,12,20H,2-5,8-11H2,1H3. The van der Waals surface area contributed by atoms with E-state index < -0.39 is 11.6 Å². The molecule has 1 aromatic rings. The zero-order chi connectivity index (χ0) is 15.2. The topological polar surface area (TPSA) is 15.3 Å². The van der Waals surface area contributed by atoms with Gasteiger partial charge >= 0.3 is 0 Å². The summed E-state index contributed by atoms with van der Waals surface area (Å²) in [5.74, 6) is -0.943. The summed E-state index contributed by atoms with van der Waals surface area (Å²) in [6.07, 6.45) is 4.57. The second-order valence-corrected chi connectivity index (χ2v) is 6.56. The van der Waals surface area contributed by atoms with Crippen molar-refractivity contribution in [3.63, 3.8) is 0 Å². The lowest BCUT2D eigenvalue weighted by Gasteiger charge is -2.30. The summed E-state index contributed by atoms with van der Waals surface area (Å²) >= 11 is 3.14. The molecule has 0 amide bonds. The van der Waals surface area contributed by atoms with Gasteiger partial charge in [-0.25, -0.2) is 8.78 Å². The number of nitrogens with one attached hydrogen (secondary N) is 1. The molecule has 1 aliphatic rings. The molecule has 1 N–H and O–H groups in total. The van der Waals surface area contributed by atoms with E-state index >= 15 is 0 Å². The van der Waals surface area contributed by atoms with Crippen LogP contribution >= 0.6 is 15.9 Å². The van der Waals surface area contributed by atoms with Crippen molar-refractivity contribution in [2.45, 2.75) is 45.2 Å². The first-order chi connectivity index (χ1) is 10.1. The summed E-state index contributed by atoms with van der Waals surface area (Å²) < 4.78 is 28.3. The first-order valence-electron chi connectivity index (χ1n) is 7.70. The number of rotatable bonds is 6. The highest BCUT2D eigenvalue weighted by Gasteiger charge is 2.20. The molecule has 1 saturated heterocycles. The van der Waals surface area contributed by atoms with Crippen LogP contribution < -0.4 is 5.32 Å². The maximum atomic E-state index is 14.1. The van der Waals surface area contributed by atoms with Gasteiger partial charge in [0, 0.05) is 24.7 Å². The normalized spacial score (nSPS) is 19.2. The van der Waals surface area contributed by atoms with Crippen molar-refractivity contribution in [1.82, 2.24) is 10.2 Å². The summed E-state index contributed by atoms with van der Waals surface area (Å²) in [5, 5.41) is 3.50. The smallest absolute Gasteiger partial charge is 0.144 e. The minimum absolute atomic E-state index is 0.161. The van der Waals surface area contributed by atoms with Crippen LogP contribution in [0.5, 0.6) is 0 Å². The third-order valence-corrected chi connectivity index (χ3v) is 4.56. The molecule has 1 heterocycles. The van der Waals surface area contributed by atoms with Crippen molar-refractivity contribution in [1.29, 1.82) is 0 Å². The zero-order valence-corrected chi connectivity index (χ0v) is 14.1. The lowest BCUT2D eigenvalue weighted by molar-refractivity contribution is 0.212. The molecule has 0 aromatic heterocycles. The van der Waals surface area contributed by atoms with Crippen molar-refractivity contribution >= 4 is 15.9 Å². The average Bonchev–Trinajstić information content (AvgIpc) is 2.49. The summed E-state index contributed by atoms with van der Waals surface area (Å²) in [6, 6.07) is 3.18. The van der Waals surface area contributed by atoms with Crippen LogP contribution in [0.4, 0.5) is 8.78 Å². The fraction of sp³-hybridized carbons (Fsp3) is 0.625. The van der Waals surface area contributed by atoms with E-state index in [2.05, 4.69) is 33.1 Å². The van der Waals surface area contributed by atoms with Gasteiger partial charge in [0.1, 0.15) is 11.6 Å². The fourth-order valence-corrected chi connectivity index (χ4v) is 3.25. The Morgan fingerprint density at radius 3 is 2.81 bits per heavy atom. The van der Waals surface area contributed by atoms with E-state index in [4.69, 9.17) is 0 Å². The molecule has 0 aliphatic carbocycles. The largest absolute Gasteiger partial charge is 0.313 e. The quantitative estimate of drug-likeness (QED) is 0.768. The van der Waals surface area contributed by atoms with Gasteiger partial charge < -0.3 is 5.32 Å². The van der Waals surface area contributed by atoms with E-state index in [1.165, 1.54) is 25.0 Å². The average molecular weight is 361 g/mol. The molecule has 1 aromatic carbocycles. The molecule has 21 heavy (non-hydrogen) atoms. The Kier molecular flexibility index (Phi) is 6.58. The van der Waals surface area contributed by atoms with Gasteiger partial charge in [-0.2, -0.15) is 0 Å². The molecular formula is C16H23BrF2N2. The maximum absolute atomic E-state index is 14.1. The molecule has 1 aliphatic heterocycles. The van der Waals surface area contributed by atoms with Crippen LogP contribution in [0.1, 0.15) is 38.2 Å². The lowest BCUT2D eigenvalue weighted by Crippen LogP contribution is -2.43. The third-order valence-electron chi connectivity index (χ3n) is 3.95. The van der Waals surface area contributed by atoms with E-state index in [-0.39, 0.29) is 5.56 Å². The highest BCUT2D eigenvalue weighted by atomic mass is 79.9. The predicted molar refractivity (Wildman–Crippen MR) is 85.3 cm³/mol. The molecule has 2 rings (SSSR count). The van der Waals surface area contributed by atoms with Crippen LogP contribution in [-0.4, -0.2) is 30.6 Å². The van der Waals surface area contributed by atoms with Crippen LogP contribution in [-0.2, 0) is 6.54 Å². The Bertz CT molecular complexity index is 462. The Balaban J connectivity index is 2.06. The van der Waals surface area contributed by atoms with Crippen LogP contribution in [0.15, 0.2) is 16.6 Å². The molecule has 0 saturated carbocycles. The molecule has 1 unspecified atom stereocenters. The Morgan fingerprint density at radius 2 is 2.14 bits per heavy atom. The first kappa shape index (κ1) is 16.8. The second-order valence-electron chi connectivity index (χ2n) is 5.70.